The summed E-state index contributed by atoms with van der Waals surface area (Å²) >= 11 is 13.1. The number of rotatable bonds is 13. The number of carbonyl (C=O) groups is 2. The maximum atomic E-state index is 14.5. The summed E-state index contributed by atoms with van der Waals surface area (Å²) in [4.78, 5) is 29.6. The molecule has 0 radical (unpaired) electrons. The Morgan fingerprint density at radius 2 is 1.48 bits per heavy atom. The van der Waals surface area contributed by atoms with Crippen molar-refractivity contribution in [1.82, 2.24) is 10.2 Å². The van der Waals surface area contributed by atoms with Gasteiger partial charge in [-0.25, -0.2) is 12.8 Å². The third kappa shape index (κ3) is 8.66. The van der Waals surface area contributed by atoms with Crippen molar-refractivity contribution in [1.29, 1.82) is 0 Å². The van der Waals surface area contributed by atoms with E-state index in [0.29, 0.717) is 22.0 Å². The molecule has 0 unspecified atom stereocenters. The molecular formula is C35H36Cl2FN3O4S. The highest BCUT2D eigenvalue weighted by atomic mass is 35.5. The molecule has 0 bridgehead atoms. The topological polar surface area (TPSA) is 86.8 Å². The van der Waals surface area contributed by atoms with Crippen LogP contribution in [0.2, 0.25) is 10.0 Å². The lowest BCUT2D eigenvalue weighted by atomic mass is 10.0. The summed E-state index contributed by atoms with van der Waals surface area (Å²) in [7, 11) is -4.36. The van der Waals surface area contributed by atoms with Gasteiger partial charge < -0.3 is 10.2 Å². The third-order valence-corrected chi connectivity index (χ3v) is 10.2. The van der Waals surface area contributed by atoms with Gasteiger partial charge in [-0.15, -0.1) is 0 Å². The van der Waals surface area contributed by atoms with E-state index >= 15 is 0 Å². The molecule has 0 aliphatic heterocycles. The van der Waals surface area contributed by atoms with Crippen LogP contribution in [0.25, 0.3) is 0 Å². The Morgan fingerprint density at radius 1 is 0.870 bits per heavy atom. The van der Waals surface area contributed by atoms with Crippen molar-refractivity contribution < 1.29 is 22.4 Å². The number of aryl methyl sites for hydroxylation is 1. The van der Waals surface area contributed by atoms with Gasteiger partial charge in [-0.05, 0) is 74.4 Å². The smallest absolute Gasteiger partial charge is 0.264 e. The Hall–Kier alpha value is -3.92. The Labute approximate surface area is 280 Å². The van der Waals surface area contributed by atoms with Crippen molar-refractivity contribution in [3.63, 3.8) is 0 Å². The van der Waals surface area contributed by atoms with Crippen LogP contribution in [0.15, 0.2) is 102 Å². The molecule has 7 nitrogen and oxygen atoms in total. The molecule has 2 atom stereocenters. The molecule has 0 spiro atoms. The lowest BCUT2D eigenvalue weighted by Crippen LogP contribution is -2.54. The van der Waals surface area contributed by atoms with Crippen molar-refractivity contribution in [2.75, 3.05) is 10.8 Å². The van der Waals surface area contributed by atoms with Crippen LogP contribution >= 0.6 is 23.2 Å². The molecule has 11 heteroatoms. The van der Waals surface area contributed by atoms with Gasteiger partial charge in [-0.2, -0.15) is 0 Å². The molecule has 0 saturated heterocycles. The quantitative estimate of drug-likeness (QED) is 0.162. The predicted molar refractivity (Wildman–Crippen MR) is 181 cm³/mol. The van der Waals surface area contributed by atoms with E-state index in [-0.39, 0.29) is 29.6 Å². The second-order valence-electron chi connectivity index (χ2n) is 11.0. The Bertz CT molecular complexity index is 1740. The fourth-order valence-corrected chi connectivity index (χ4v) is 6.75. The van der Waals surface area contributed by atoms with Crippen molar-refractivity contribution in [2.45, 2.75) is 57.1 Å². The lowest BCUT2D eigenvalue weighted by molar-refractivity contribution is -0.140. The van der Waals surface area contributed by atoms with Crippen LogP contribution in [0.5, 0.6) is 0 Å². The van der Waals surface area contributed by atoms with E-state index in [2.05, 4.69) is 5.32 Å². The number of hydrogen-bond donors (Lipinski definition) is 1. The molecule has 4 aromatic carbocycles. The first kappa shape index (κ1) is 34.9. The fraction of sp³-hybridized carbons (Fsp3) is 0.257. The Balaban J connectivity index is 1.84. The number of amides is 2. The largest absolute Gasteiger partial charge is 0.352 e. The zero-order chi connectivity index (χ0) is 33.4. The van der Waals surface area contributed by atoms with Crippen LogP contribution in [0.4, 0.5) is 10.1 Å². The van der Waals surface area contributed by atoms with Gasteiger partial charge in [-0.1, -0.05) is 84.2 Å². The minimum atomic E-state index is -4.36. The van der Waals surface area contributed by atoms with Crippen LogP contribution in [0.1, 0.15) is 37.0 Å². The summed E-state index contributed by atoms with van der Waals surface area (Å²) in [5, 5.41) is 3.57. The minimum absolute atomic E-state index is 0.145. The van der Waals surface area contributed by atoms with Crippen molar-refractivity contribution >= 4 is 50.7 Å². The first-order chi connectivity index (χ1) is 21.9. The van der Waals surface area contributed by atoms with Gasteiger partial charge >= 0.3 is 0 Å². The van der Waals surface area contributed by atoms with Gasteiger partial charge in [0.05, 0.1) is 10.6 Å². The SMILES string of the molecule is CC[C@@H](C)NC(=O)[C@@H](Cc1ccccc1)N(Cc1c(Cl)cccc1Cl)C(=O)CN(c1ccc(C)cc1)S(=O)(=O)c1ccc(F)cc1. The number of sulfonamides is 1. The van der Waals surface area contributed by atoms with Crippen LogP contribution in [-0.2, 0) is 32.6 Å². The lowest BCUT2D eigenvalue weighted by Gasteiger charge is -2.34. The molecule has 0 fully saturated rings. The fourth-order valence-electron chi connectivity index (χ4n) is 4.82. The standard InChI is InChI=1S/C35H36Cl2FN3O4S/c1-4-25(3)39-35(43)33(21-26-9-6-5-7-10-26)40(22-30-31(36)11-8-12-32(30)37)34(42)23-41(28-17-13-24(2)14-18-28)46(44,45)29-19-15-27(38)16-20-29/h5-20,25,33H,4,21-23H2,1-3H3,(H,39,43)/t25-,33-/m1/s1. The highest BCUT2D eigenvalue weighted by Gasteiger charge is 2.35. The summed E-state index contributed by atoms with van der Waals surface area (Å²) in [6.07, 6.45) is 0.803. The number of benzene rings is 4. The normalized spacial score (nSPS) is 12.7. The molecule has 4 rings (SSSR count). The molecule has 0 aliphatic carbocycles. The van der Waals surface area contributed by atoms with Crippen molar-refractivity contribution in [2.24, 2.45) is 0 Å². The van der Waals surface area contributed by atoms with Crippen LogP contribution in [-0.4, -0.2) is 43.8 Å². The molecule has 242 valence electrons. The van der Waals surface area contributed by atoms with Crippen molar-refractivity contribution in [3.8, 4) is 0 Å². The minimum Gasteiger partial charge on any atom is -0.352 e. The zero-order valence-electron chi connectivity index (χ0n) is 25.8. The highest BCUT2D eigenvalue weighted by Crippen LogP contribution is 2.29. The summed E-state index contributed by atoms with van der Waals surface area (Å²) < 4.78 is 42.8. The molecular weight excluding hydrogens is 648 g/mol. The second kappa shape index (κ2) is 15.6. The predicted octanol–water partition coefficient (Wildman–Crippen LogP) is 7.19. The number of halogens is 3. The Kier molecular flexibility index (Phi) is 11.8. The summed E-state index contributed by atoms with van der Waals surface area (Å²) in [6, 6.07) is 24.0. The summed E-state index contributed by atoms with van der Waals surface area (Å²) in [5.74, 6) is -1.67. The maximum Gasteiger partial charge on any atom is 0.264 e. The van der Waals surface area contributed by atoms with Gasteiger partial charge in [0.2, 0.25) is 11.8 Å². The van der Waals surface area contributed by atoms with E-state index in [0.717, 1.165) is 39.7 Å². The van der Waals surface area contributed by atoms with Gasteiger partial charge in [0, 0.05) is 34.6 Å². The number of carbonyl (C=O) groups excluding carboxylic acids is 2. The molecule has 2 amide bonds. The van der Waals surface area contributed by atoms with E-state index in [4.69, 9.17) is 23.2 Å². The summed E-state index contributed by atoms with van der Waals surface area (Å²) in [5.41, 5.74) is 2.32. The van der Waals surface area contributed by atoms with E-state index in [1.165, 1.54) is 4.90 Å². The average molecular weight is 685 g/mol. The van der Waals surface area contributed by atoms with Gasteiger partial charge in [-0.3, -0.25) is 13.9 Å². The molecule has 0 saturated carbocycles. The van der Waals surface area contributed by atoms with Crippen LogP contribution in [0, 0.1) is 12.7 Å². The van der Waals surface area contributed by atoms with Gasteiger partial charge in [0.15, 0.2) is 0 Å². The zero-order valence-corrected chi connectivity index (χ0v) is 28.1. The number of nitrogens with one attached hydrogen (secondary N) is 1. The highest BCUT2D eigenvalue weighted by molar-refractivity contribution is 7.92. The van der Waals surface area contributed by atoms with Gasteiger partial charge in [0.25, 0.3) is 10.0 Å². The van der Waals surface area contributed by atoms with Gasteiger partial charge in [0.1, 0.15) is 18.4 Å². The van der Waals surface area contributed by atoms with Crippen LogP contribution < -0.4 is 9.62 Å². The number of hydrogen-bond acceptors (Lipinski definition) is 4. The van der Waals surface area contributed by atoms with E-state index in [9.17, 15) is 22.4 Å². The van der Waals surface area contributed by atoms with E-state index < -0.39 is 40.2 Å². The molecule has 4 aromatic rings. The molecule has 1 N–H and O–H groups in total. The number of nitrogens with zero attached hydrogens (tertiary/aromatic N) is 2. The summed E-state index contributed by atoms with van der Waals surface area (Å²) in [6.45, 7) is 4.83. The first-order valence-electron chi connectivity index (χ1n) is 14.8. The molecule has 46 heavy (non-hydrogen) atoms. The molecule has 0 aliphatic rings. The first-order valence-corrected chi connectivity index (χ1v) is 17.0. The van der Waals surface area contributed by atoms with Crippen LogP contribution in [0.3, 0.4) is 0 Å². The van der Waals surface area contributed by atoms with E-state index in [1.54, 1.807) is 42.5 Å². The molecule has 0 aromatic heterocycles. The average Bonchev–Trinajstić information content (AvgIpc) is 3.03. The number of anilines is 1. The Morgan fingerprint density at radius 3 is 2.07 bits per heavy atom. The van der Waals surface area contributed by atoms with Crippen molar-refractivity contribution in [3.05, 3.63) is 130 Å². The molecule has 0 heterocycles. The van der Waals surface area contributed by atoms with E-state index in [1.807, 2.05) is 51.1 Å². The second-order valence-corrected chi connectivity index (χ2v) is 13.7. The third-order valence-electron chi connectivity index (χ3n) is 7.66. The maximum absolute atomic E-state index is 14.5. The monoisotopic (exact) mass is 683 g/mol.